The first-order chi connectivity index (χ1) is 9.83. The highest BCUT2D eigenvalue weighted by Gasteiger charge is 2.51. The summed E-state index contributed by atoms with van der Waals surface area (Å²) in [5, 5.41) is 9.84. The maximum atomic E-state index is 13.0. The fourth-order valence-electron chi connectivity index (χ4n) is 3.57. The first-order valence-corrected chi connectivity index (χ1v) is 11.5. The Balaban J connectivity index is 2.32. The lowest BCUT2D eigenvalue weighted by atomic mass is 9.70. The van der Waals surface area contributed by atoms with Crippen LogP contribution in [0.4, 0.5) is 0 Å². The van der Waals surface area contributed by atoms with Gasteiger partial charge < -0.3 is 4.79 Å². The summed E-state index contributed by atoms with van der Waals surface area (Å²) in [4.78, 5) is 25.7. The van der Waals surface area contributed by atoms with Crippen LogP contribution in [0.15, 0.2) is 11.6 Å². The molecule has 0 radical (unpaired) electrons. The molecule has 4 heteroatoms. The molecule has 0 heterocycles. The summed E-state index contributed by atoms with van der Waals surface area (Å²) in [7, 11) is -2.04. The SMILES string of the molecule is C[Si](C)(C)C(=O)C1=CCCC1(C#N)C(=O)C1CCCCC1. The number of hydrogen-bond acceptors (Lipinski definition) is 3. The minimum atomic E-state index is -2.04. The predicted octanol–water partition coefficient (Wildman–Crippen LogP) is 3.81. The Hall–Kier alpha value is -1.21. The molecule has 3 nitrogen and oxygen atoms in total. The third kappa shape index (κ3) is 2.89. The van der Waals surface area contributed by atoms with Crippen molar-refractivity contribution in [3.63, 3.8) is 0 Å². The molecule has 1 atom stereocenters. The lowest BCUT2D eigenvalue weighted by molar-refractivity contribution is -0.130. The van der Waals surface area contributed by atoms with E-state index < -0.39 is 13.5 Å². The zero-order valence-electron chi connectivity index (χ0n) is 13.4. The summed E-state index contributed by atoms with van der Waals surface area (Å²) >= 11 is 0. The van der Waals surface area contributed by atoms with E-state index in [1.165, 1.54) is 6.42 Å². The van der Waals surface area contributed by atoms with Crippen LogP contribution in [0.2, 0.25) is 19.6 Å². The van der Waals surface area contributed by atoms with Crippen molar-refractivity contribution in [3.05, 3.63) is 11.6 Å². The quantitative estimate of drug-likeness (QED) is 0.742. The largest absolute Gasteiger partial charge is 0.300 e. The number of carbonyl (C=O) groups is 2. The molecule has 0 N–H and O–H groups in total. The second-order valence-corrected chi connectivity index (χ2v) is 12.4. The molecular formula is C17H25NO2Si. The van der Waals surface area contributed by atoms with Crippen molar-refractivity contribution in [2.45, 2.75) is 64.6 Å². The molecule has 1 fully saturated rings. The van der Waals surface area contributed by atoms with Gasteiger partial charge in [-0.15, -0.1) is 0 Å². The van der Waals surface area contributed by atoms with Crippen molar-refractivity contribution in [1.29, 1.82) is 5.26 Å². The molecule has 0 aliphatic heterocycles. The van der Waals surface area contributed by atoms with Crippen molar-refractivity contribution in [2.24, 2.45) is 11.3 Å². The van der Waals surface area contributed by atoms with Crippen LogP contribution in [0, 0.1) is 22.7 Å². The molecule has 1 saturated carbocycles. The van der Waals surface area contributed by atoms with E-state index in [9.17, 15) is 14.9 Å². The molecule has 0 aromatic rings. The number of carbonyl (C=O) groups excluding carboxylic acids is 2. The Kier molecular flexibility index (Phi) is 4.53. The topological polar surface area (TPSA) is 57.9 Å². The monoisotopic (exact) mass is 303 g/mol. The van der Waals surface area contributed by atoms with E-state index in [1.807, 2.05) is 25.7 Å². The van der Waals surface area contributed by atoms with Gasteiger partial charge in [0.05, 0.1) is 6.07 Å². The molecule has 114 valence electrons. The van der Waals surface area contributed by atoms with E-state index >= 15 is 0 Å². The second kappa shape index (κ2) is 5.88. The zero-order valence-corrected chi connectivity index (χ0v) is 14.4. The number of allylic oxidation sites excluding steroid dienone is 2. The van der Waals surface area contributed by atoms with E-state index in [4.69, 9.17) is 0 Å². The molecule has 0 saturated heterocycles. The number of nitrogens with zero attached hydrogens (tertiary/aromatic N) is 1. The number of Topliss-reactive ketones (excluding diaryl/α,β-unsaturated/α-hetero) is 1. The van der Waals surface area contributed by atoms with Gasteiger partial charge in [-0.25, -0.2) is 0 Å². The highest BCUT2D eigenvalue weighted by Crippen LogP contribution is 2.45. The number of ketones is 1. The average Bonchev–Trinajstić information content (AvgIpc) is 2.90. The average molecular weight is 303 g/mol. The van der Waals surface area contributed by atoms with Gasteiger partial charge in [0.25, 0.3) is 0 Å². The van der Waals surface area contributed by atoms with Gasteiger partial charge in [0.1, 0.15) is 18.9 Å². The van der Waals surface area contributed by atoms with Crippen molar-refractivity contribution >= 4 is 19.3 Å². The van der Waals surface area contributed by atoms with E-state index in [0.29, 0.717) is 18.4 Å². The lowest BCUT2D eigenvalue weighted by Gasteiger charge is -2.31. The highest BCUT2D eigenvalue weighted by atomic mass is 28.3. The number of rotatable bonds is 4. The Morgan fingerprint density at radius 3 is 2.38 bits per heavy atom. The minimum absolute atomic E-state index is 0.0191. The van der Waals surface area contributed by atoms with Gasteiger partial charge in [0.15, 0.2) is 5.78 Å². The van der Waals surface area contributed by atoms with Crippen LogP contribution in [0.25, 0.3) is 0 Å². The Morgan fingerprint density at radius 2 is 1.86 bits per heavy atom. The van der Waals surface area contributed by atoms with Crippen LogP contribution in [0.1, 0.15) is 44.9 Å². The van der Waals surface area contributed by atoms with E-state index in [2.05, 4.69) is 6.07 Å². The summed E-state index contributed by atoms with van der Waals surface area (Å²) in [6.45, 7) is 5.96. The fourth-order valence-corrected chi connectivity index (χ4v) is 4.70. The minimum Gasteiger partial charge on any atom is -0.300 e. The first-order valence-electron chi connectivity index (χ1n) is 8.04. The van der Waals surface area contributed by atoms with E-state index in [-0.39, 0.29) is 17.1 Å². The normalized spacial score (nSPS) is 27.0. The molecule has 21 heavy (non-hydrogen) atoms. The molecule has 1 unspecified atom stereocenters. The second-order valence-electron chi connectivity index (χ2n) is 7.45. The summed E-state index contributed by atoms with van der Waals surface area (Å²) in [5.41, 5.74) is -0.612. The van der Waals surface area contributed by atoms with Gasteiger partial charge >= 0.3 is 0 Å². The van der Waals surface area contributed by atoms with Gasteiger partial charge in [0, 0.05) is 11.5 Å². The summed E-state index contributed by atoms with van der Waals surface area (Å²) in [6, 6.07) is 2.26. The van der Waals surface area contributed by atoms with Gasteiger partial charge in [-0.05, 0) is 25.7 Å². The molecule has 0 spiro atoms. The molecule has 0 bridgehead atoms. The molecule has 0 aromatic heterocycles. The van der Waals surface area contributed by atoms with Crippen molar-refractivity contribution in [1.82, 2.24) is 0 Å². The Bertz CT molecular complexity index is 518. The van der Waals surface area contributed by atoms with E-state index in [0.717, 1.165) is 25.7 Å². The van der Waals surface area contributed by atoms with Crippen LogP contribution in [0.3, 0.4) is 0 Å². The van der Waals surface area contributed by atoms with Gasteiger partial charge in [-0.2, -0.15) is 5.26 Å². The van der Waals surface area contributed by atoms with Gasteiger partial charge in [-0.3, -0.25) is 4.79 Å². The number of nitriles is 1. The maximum absolute atomic E-state index is 13.0. The lowest BCUT2D eigenvalue weighted by Crippen LogP contribution is -2.44. The molecule has 2 rings (SSSR count). The van der Waals surface area contributed by atoms with Crippen LogP contribution >= 0.6 is 0 Å². The maximum Gasteiger partial charge on any atom is 0.160 e. The van der Waals surface area contributed by atoms with Crippen LogP contribution < -0.4 is 0 Å². The first kappa shape index (κ1) is 16.2. The van der Waals surface area contributed by atoms with E-state index in [1.54, 1.807) is 0 Å². The third-order valence-electron chi connectivity index (χ3n) is 4.84. The van der Waals surface area contributed by atoms with Gasteiger partial charge in [0.2, 0.25) is 0 Å². The van der Waals surface area contributed by atoms with Crippen LogP contribution in [-0.4, -0.2) is 19.3 Å². The fraction of sp³-hybridized carbons (Fsp3) is 0.706. The zero-order chi connectivity index (χ0) is 15.7. The van der Waals surface area contributed by atoms with Crippen LogP contribution in [0.5, 0.6) is 0 Å². The molecule has 2 aliphatic carbocycles. The molecule has 0 aromatic carbocycles. The van der Waals surface area contributed by atoms with Crippen LogP contribution in [-0.2, 0) is 9.59 Å². The summed E-state index contributed by atoms with van der Waals surface area (Å²) in [5.74, 6) is 0.00869. The standard InChI is InChI=1S/C17H25NO2Si/c1-21(2,3)16(20)14-10-7-11-17(14,12-18)15(19)13-8-5-4-6-9-13/h10,13H,4-9,11H2,1-3H3. The summed E-state index contributed by atoms with van der Waals surface area (Å²) < 4.78 is 0. The summed E-state index contributed by atoms with van der Waals surface area (Å²) in [6.07, 6.45) is 8.14. The highest BCUT2D eigenvalue weighted by molar-refractivity contribution is 7.05. The van der Waals surface area contributed by atoms with Crippen molar-refractivity contribution < 1.29 is 9.59 Å². The Morgan fingerprint density at radius 1 is 1.24 bits per heavy atom. The van der Waals surface area contributed by atoms with Crippen molar-refractivity contribution in [3.8, 4) is 6.07 Å². The predicted molar refractivity (Wildman–Crippen MR) is 85.3 cm³/mol. The van der Waals surface area contributed by atoms with Crippen molar-refractivity contribution in [2.75, 3.05) is 0 Å². The molecule has 2 aliphatic rings. The Labute approximate surface area is 128 Å². The number of hydrogen-bond donors (Lipinski definition) is 0. The van der Waals surface area contributed by atoms with Gasteiger partial charge in [-0.1, -0.05) is 45.0 Å². The third-order valence-corrected chi connectivity index (χ3v) is 6.47. The smallest absolute Gasteiger partial charge is 0.160 e. The molecule has 0 amide bonds. The molecular weight excluding hydrogens is 278 g/mol.